The molecule has 6 nitrogen and oxygen atoms in total. The Labute approximate surface area is 125 Å². The van der Waals surface area contributed by atoms with Crippen LogP contribution in [-0.4, -0.2) is 35.0 Å². The molecule has 0 saturated heterocycles. The molecule has 1 aliphatic carbocycles. The van der Waals surface area contributed by atoms with Crippen molar-refractivity contribution in [1.82, 2.24) is 10.6 Å². The maximum atomic E-state index is 11.8. The van der Waals surface area contributed by atoms with Crippen LogP contribution in [0.15, 0.2) is 0 Å². The summed E-state index contributed by atoms with van der Waals surface area (Å²) in [6, 6.07) is 0. The highest BCUT2D eigenvalue weighted by Crippen LogP contribution is 2.24. The predicted molar refractivity (Wildman–Crippen MR) is 78.7 cm³/mol. The Hall–Kier alpha value is -1.59. The summed E-state index contributed by atoms with van der Waals surface area (Å²) >= 11 is 0. The minimum Gasteiger partial charge on any atom is -0.481 e. The number of nitrogens with one attached hydrogen (secondary N) is 2. The summed E-state index contributed by atoms with van der Waals surface area (Å²) in [5, 5.41) is 14.3. The van der Waals surface area contributed by atoms with Crippen molar-refractivity contribution in [1.29, 1.82) is 0 Å². The number of aliphatic carboxylic acids is 1. The first kappa shape index (κ1) is 17.5. The van der Waals surface area contributed by atoms with E-state index in [2.05, 4.69) is 10.6 Å². The maximum Gasteiger partial charge on any atom is 0.303 e. The highest BCUT2D eigenvalue weighted by molar-refractivity contribution is 5.81. The predicted octanol–water partition coefficient (Wildman–Crippen LogP) is 1.44. The van der Waals surface area contributed by atoms with E-state index in [4.69, 9.17) is 5.11 Å². The fourth-order valence-corrected chi connectivity index (χ4v) is 2.55. The summed E-state index contributed by atoms with van der Waals surface area (Å²) in [5.41, 5.74) is -0.551. The van der Waals surface area contributed by atoms with Gasteiger partial charge in [0.05, 0.1) is 0 Å². The molecule has 1 aliphatic rings. The lowest BCUT2D eigenvalue weighted by Gasteiger charge is -2.25. The molecule has 0 aromatic carbocycles. The van der Waals surface area contributed by atoms with Gasteiger partial charge < -0.3 is 15.7 Å². The molecule has 1 saturated carbocycles. The lowest BCUT2D eigenvalue weighted by molar-refractivity contribution is -0.138. The molecule has 0 spiro atoms. The average Bonchev–Trinajstić information content (AvgIpc) is 2.89. The maximum absolute atomic E-state index is 11.8. The largest absolute Gasteiger partial charge is 0.481 e. The first-order valence-corrected chi connectivity index (χ1v) is 7.61. The van der Waals surface area contributed by atoms with Gasteiger partial charge in [-0.05, 0) is 33.1 Å². The quantitative estimate of drug-likeness (QED) is 0.632. The highest BCUT2D eigenvalue weighted by Gasteiger charge is 2.23. The average molecular weight is 298 g/mol. The van der Waals surface area contributed by atoms with E-state index in [0.717, 1.165) is 25.7 Å². The monoisotopic (exact) mass is 298 g/mol. The molecule has 0 atom stereocenters. The van der Waals surface area contributed by atoms with E-state index >= 15 is 0 Å². The van der Waals surface area contributed by atoms with E-state index in [1.165, 1.54) is 0 Å². The van der Waals surface area contributed by atoms with E-state index in [0.29, 0.717) is 13.0 Å². The van der Waals surface area contributed by atoms with Gasteiger partial charge in [-0.3, -0.25) is 14.4 Å². The van der Waals surface area contributed by atoms with Crippen molar-refractivity contribution in [3.05, 3.63) is 0 Å². The molecular weight excluding hydrogens is 272 g/mol. The number of hydrogen-bond donors (Lipinski definition) is 3. The Morgan fingerprint density at radius 3 is 2.33 bits per heavy atom. The third-order valence-electron chi connectivity index (χ3n) is 3.82. The molecule has 1 fully saturated rings. The summed E-state index contributed by atoms with van der Waals surface area (Å²) in [5.74, 6) is -0.885. The van der Waals surface area contributed by atoms with Gasteiger partial charge in [0.1, 0.15) is 0 Å². The molecule has 0 aromatic rings. The second kappa shape index (κ2) is 8.00. The van der Waals surface area contributed by atoms with Crippen LogP contribution in [0.3, 0.4) is 0 Å². The van der Waals surface area contributed by atoms with Crippen LogP contribution in [-0.2, 0) is 14.4 Å². The summed E-state index contributed by atoms with van der Waals surface area (Å²) < 4.78 is 0. The van der Waals surface area contributed by atoms with Crippen molar-refractivity contribution in [3.8, 4) is 0 Å². The SMILES string of the molecule is CC(C)(CCC(=O)O)NC(=O)CCNC(=O)C1CCCC1. The van der Waals surface area contributed by atoms with Gasteiger partial charge in [-0.25, -0.2) is 0 Å². The second-order valence-electron chi connectivity index (χ2n) is 6.35. The number of hydrogen-bond acceptors (Lipinski definition) is 3. The molecule has 0 bridgehead atoms. The van der Waals surface area contributed by atoms with Crippen LogP contribution in [0.5, 0.6) is 0 Å². The lowest BCUT2D eigenvalue weighted by Crippen LogP contribution is -2.44. The fraction of sp³-hybridized carbons (Fsp3) is 0.800. The van der Waals surface area contributed by atoms with Gasteiger partial charge >= 0.3 is 5.97 Å². The van der Waals surface area contributed by atoms with E-state index in [1.807, 2.05) is 0 Å². The third kappa shape index (κ3) is 7.11. The molecule has 120 valence electrons. The van der Waals surface area contributed by atoms with Gasteiger partial charge in [-0.1, -0.05) is 12.8 Å². The molecule has 6 heteroatoms. The molecule has 0 heterocycles. The van der Waals surface area contributed by atoms with Crippen molar-refractivity contribution < 1.29 is 19.5 Å². The fourth-order valence-electron chi connectivity index (χ4n) is 2.55. The van der Waals surface area contributed by atoms with E-state index in [-0.39, 0.29) is 30.6 Å². The number of carboxylic acids is 1. The summed E-state index contributed by atoms with van der Waals surface area (Å²) in [4.78, 5) is 34.1. The summed E-state index contributed by atoms with van der Waals surface area (Å²) in [7, 11) is 0. The van der Waals surface area contributed by atoms with Gasteiger partial charge in [0, 0.05) is 30.8 Å². The Balaban J connectivity index is 2.20. The van der Waals surface area contributed by atoms with Crippen molar-refractivity contribution >= 4 is 17.8 Å². The van der Waals surface area contributed by atoms with Crippen LogP contribution in [0.1, 0.15) is 58.8 Å². The first-order chi connectivity index (χ1) is 9.80. The molecular formula is C15H26N2O4. The molecule has 0 aliphatic heterocycles. The van der Waals surface area contributed by atoms with Crippen LogP contribution < -0.4 is 10.6 Å². The Bertz CT molecular complexity index is 387. The zero-order chi connectivity index (χ0) is 15.9. The number of rotatable bonds is 8. The number of amides is 2. The Kier molecular flexibility index (Phi) is 6.65. The normalized spacial score (nSPS) is 15.7. The van der Waals surface area contributed by atoms with Gasteiger partial charge in [-0.2, -0.15) is 0 Å². The molecule has 1 rings (SSSR count). The van der Waals surface area contributed by atoms with Crippen molar-refractivity contribution in [3.63, 3.8) is 0 Å². The first-order valence-electron chi connectivity index (χ1n) is 7.61. The van der Waals surface area contributed by atoms with Crippen LogP contribution in [0.2, 0.25) is 0 Å². The van der Waals surface area contributed by atoms with Crippen LogP contribution >= 0.6 is 0 Å². The van der Waals surface area contributed by atoms with Crippen LogP contribution in [0.4, 0.5) is 0 Å². The summed E-state index contributed by atoms with van der Waals surface area (Å²) in [6.07, 6.45) is 4.72. The molecule has 3 N–H and O–H groups in total. The van der Waals surface area contributed by atoms with E-state index in [9.17, 15) is 14.4 Å². The lowest BCUT2D eigenvalue weighted by atomic mass is 9.98. The Morgan fingerprint density at radius 2 is 1.76 bits per heavy atom. The van der Waals surface area contributed by atoms with Crippen molar-refractivity contribution in [2.24, 2.45) is 5.92 Å². The van der Waals surface area contributed by atoms with Crippen molar-refractivity contribution in [2.75, 3.05) is 6.54 Å². The van der Waals surface area contributed by atoms with Gasteiger partial charge in [0.2, 0.25) is 11.8 Å². The minimum atomic E-state index is -0.874. The Morgan fingerprint density at radius 1 is 1.14 bits per heavy atom. The van der Waals surface area contributed by atoms with Crippen LogP contribution in [0, 0.1) is 5.92 Å². The smallest absolute Gasteiger partial charge is 0.303 e. The summed E-state index contributed by atoms with van der Waals surface area (Å²) in [6.45, 7) is 3.92. The molecule has 0 unspecified atom stereocenters. The zero-order valence-electron chi connectivity index (χ0n) is 12.9. The number of carboxylic acid groups (broad SMARTS) is 1. The molecule has 2 amide bonds. The molecule has 0 aromatic heterocycles. The second-order valence-corrected chi connectivity index (χ2v) is 6.35. The highest BCUT2D eigenvalue weighted by atomic mass is 16.4. The van der Waals surface area contributed by atoms with Crippen LogP contribution in [0.25, 0.3) is 0 Å². The van der Waals surface area contributed by atoms with Gasteiger partial charge in [0.15, 0.2) is 0 Å². The molecule has 0 radical (unpaired) electrons. The standard InChI is InChI=1S/C15H26N2O4/c1-15(2,9-7-13(19)20)17-12(18)8-10-16-14(21)11-5-3-4-6-11/h11H,3-10H2,1-2H3,(H,16,21)(H,17,18)(H,19,20). The minimum absolute atomic E-state index is 0.0195. The van der Waals surface area contributed by atoms with Gasteiger partial charge in [0.25, 0.3) is 0 Å². The van der Waals surface area contributed by atoms with E-state index in [1.54, 1.807) is 13.8 Å². The van der Waals surface area contributed by atoms with Gasteiger partial charge in [-0.15, -0.1) is 0 Å². The number of carbonyl (C=O) groups is 3. The zero-order valence-corrected chi connectivity index (χ0v) is 12.9. The molecule has 21 heavy (non-hydrogen) atoms. The third-order valence-corrected chi connectivity index (χ3v) is 3.82. The topological polar surface area (TPSA) is 95.5 Å². The van der Waals surface area contributed by atoms with E-state index < -0.39 is 11.5 Å². The number of carbonyl (C=O) groups excluding carboxylic acids is 2. The van der Waals surface area contributed by atoms with Crippen molar-refractivity contribution in [2.45, 2.75) is 64.3 Å².